The molecule has 1 N–H and O–H groups in total. The highest BCUT2D eigenvalue weighted by molar-refractivity contribution is 6.27. The molecule has 0 aliphatic carbocycles. The van der Waals surface area contributed by atoms with Crippen LogP contribution in [0, 0.1) is 6.92 Å². The van der Waals surface area contributed by atoms with Crippen LogP contribution in [0.1, 0.15) is 12.5 Å². The SMILES string of the molecule is CC(=O)Nc1ccc(-c2nc(Cl)[n+](C)cc2C)cc1. The van der Waals surface area contributed by atoms with E-state index in [0.29, 0.717) is 5.28 Å². The van der Waals surface area contributed by atoms with Crippen molar-refractivity contribution in [2.45, 2.75) is 13.8 Å². The molecule has 0 aliphatic heterocycles. The molecule has 2 aromatic rings. The van der Waals surface area contributed by atoms with E-state index in [4.69, 9.17) is 11.6 Å². The van der Waals surface area contributed by atoms with E-state index in [1.54, 1.807) is 4.57 Å². The molecule has 1 aromatic carbocycles. The van der Waals surface area contributed by atoms with Gasteiger partial charge in [0.15, 0.2) is 5.69 Å². The van der Waals surface area contributed by atoms with Gasteiger partial charge in [-0.15, -0.1) is 0 Å². The molecule has 4 nitrogen and oxygen atoms in total. The van der Waals surface area contributed by atoms with Crippen LogP contribution in [-0.4, -0.2) is 10.9 Å². The predicted octanol–water partition coefficient (Wildman–Crippen LogP) is 2.49. The van der Waals surface area contributed by atoms with Crippen LogP contribution in [0.4, 0.5) is 5.69 Å². The number of benzene rings is 1. The van der Waals surface area contributed by atoms with Crippen LogP contribution < -0.4 is 9.88 Å². The summed E-state index contributed by atoms with van der Waals surface area (Å²) in [6, 6.07) is 7.52. The first kappa shape index (κ1) is 13.5. The van der Waals surface area contributed by atoms with Crippen LogP contribution in [-0.2, 0) is 11.8 Å². The summed E-state index contributed by atoms with van der Waals surface area (Å²) < 4.78 is 1.77. The topological polar surface area (TPSA) is 45.9 Å². The molecule has 0 unspecified atom stereocenters. The van der Waals surface area contributed by atoms with Crippen molar-refractivity contribution in [3.05, 3.63) is 41.3 Å². The Morgan fingerprint density at radius 1 is 1.32 bits per heavy atom. The zero-order valence-electron chi connectivity index (χ0n) is 11.1. The van der Waals surface area contributed by atoms with Gasteiger partial charge in [0.05, 0.1) is 13.2 Å². The summed E-state index contributed by atoms with van der Waals surface area (Å²) in [5.41, 5.74) is 3.62. The van der Waals surface area contributed by atoms with Gasteiger partial charge in [-0.1, -0.05) is 0 Å². The summed E-state index contributed by atoms with van der Waals surface area (Å²) in [7, 11) is 1.85. The largest absolute Gasteiger partial charge is 0.396 e. The molecule has 98 valence electrons. The van der Waals surface area contributed by atoms with Crippen molar-refractivity contribution >= 4 is 23.2 Å². The first-order valence-electron chi connectivity index (χ1n) is 5.88. The second-order valence-electron chi connectivity index (χ2n) is 4.41. The van der Waals surface area contributed by atoms with Crippen LogP contribution in [0.3, 0.4) is 0 Å². The lowest BCUT2D eigenvalue weighted by molar-refractivity contribution is -0.672. The molecule has 2 rings (SSSR count). The van der Waals surface area contributed by atoms with Crippen LogP contribution >= 0.6 is 11.6 Å². The van der Waals surface area contributed by atoms with E-state index in [0.717, 1.165) is 22.5 Å². The van der Waals surface area contributed by atoms with Crippen molar-refractivity contribution in [3.8, 4) is 11.3 Å². The fourth-order valence-corrected chi connectivity index (χ4v) is 2.00. The molecule has 0 aliphatic rings. The van der Waals surface area contributed by atoms with Crippen LogP contribution in [0.15, 0.2) is 30.5 Å². The molecule has 1 aromatic heterocycles. The van der Waals surface area contributed by atoms with Gasteiger partial charge < -0.3 is 5.32 Å². The van der Waals surface area contributed by atoms with Crippen LogP contribution in [0.5, 0.6) is 0 Å². The van der Waals surface area contributed by atoms with E-state index in [1.807, 2.05) is 44.4 Å². The predicted molar refractivity (Wildman–Crippen MR) is 74.9 cm³/mol. The van der Waals surface area contributed by atoms with Gasteiger partial charge in [-0.3, -0.25) is 4.79 Å². The van der Waals surface area contributed by atoms with Gasteiger partial charge >= 0.3 is 5.28 Å². The average Bonchev–Trinajstić information content (AvgIpc) is 2.34. The minimum atomic E-state index is -0.0863. The highest BCUT2D eigenvalue weighted by Gasteiger charge is 2.15. The number of rotatable bonds is 2. The van der Waals surface area contributed by atoms with E-state index in [1.165, 1.54) is 6.92 Å². The summed E-state index contributed by atoms with van der Waals surface area (Å²) in [5.74, 6) is -0.0863. The second kappa shape index (κ2) is 5.36. The molecule has 19 heavy (non-hydrogen) atoms. The van der Waals surface area contributed by atoms with Gasteiger partial charge in [-0.25, -0.2) is 4.57 Å². The summed E-state index contributed by atoms with van der Waals surface area (Å²) in [4.78, 5) is 15.3. The van der Waals surface area contributed by atoms with Crippen molar-refractivity contribution in [3.63, 3.8) is 0 Å². The minimum absolute atomic E-state index is 0.0863. The van der Waals surface area contributed by atoms with Gasteiger partial charge in [-0.05, 0) is 36.2 Å². The van der Waals surface area contributed by atoms with Gasteiger partial charge in [0, 0.05) is 35.3 Å². The van der Waals surface area contributed by atoms with Gasteiger partial charge in [0.25, 0.3) is 0 Å². The first-order valence-corrected chi connectivity index (χ1v) is 6.26. The Kier molecular flexibility index (Phi) is 3.81. The molecule has 0 saturated heterocycles. The van der Waals surface area contributed by atoms with E-state index >= 15 is 0 Å². The number of halogens is 1. The summed E-state index contributed by atoms with van der Waals surface area (Å²) in [5, 5.41) is 3.17. The Morgan fingerprint density at radius 2 is 1.95 bits per heavy atom. The molecule has 0 atom stereocenters. The van der Waals surface area contributed by atoms with E-state index < -0.39 is 0 Å². The maximum absolute atomic E-state index is 11.0. The van der Waals surface area contributed by atoms with E-state index in [-0.39, 0.29) is 5.91 Å². The fourth-order valence-electron chi connectivity index (χ4n) is 1.87. The number of hydrogen-bond donors (Lipinski definition) is 1. The Bertz CT molecular complexity index is 623. The summed E-state index contributed by atoms with van der Waals surface area (Å²) in [6.07, 6.45) is 1.94. The molecule has 0 saturated carbocycles. The Hall–Kier alpha value is -1.94. The lowest BCUT2D eigenvalue weighted by Gasteiger charge is -2.04. The summed E-state index contributed by atoms with van der Waals surface area (Å²) >= 11 is 6.03. The third-order valence-corrected chi connectivity index (χ3v) is 3.09. The highest BCUT2D eigenvalue weighted by atomic mass is 35.5. The standard InChI is InChI=1S/C14H14ClN3O/c1-9-8-18(3)14(15)17-13(9)11-4-6-12(7-5-11)16-10(2)19/h4-8H,1-3H3/p+1. The number of amides is 1. The van der Waals surface area contributed by atoms with Crippen molar-refractivity contribution < 1.29 is 9.36 Å². The quantitative estimate of drug-likeness (QED) is 0.677. The van der Waals surface area contributed by atoms with Crippen LogP contribution in [0.25, 0.3) is 11.3 Å². The highest BCUT2D eigenvalue weighted by Crippen LogP contribution is 2.22. The third kappa shape index (κ3) is 3.09. The van der Waals surface area contributed by atoms with Gasteiger partial charge in [0.2, 0.25) is 5.91 Å². The maximum atomic E-state index is 11.0. The van der Waals surface area contributed by atoms with Crippen molar-refractivity contribution in [2.24, 2.45) is 7.05 Å². The number of nitrogens with one attached hydrogen (secondary N) is 1. The molecular weight excluding hydrogens is 262 g/mol. The number of aryl methyl sites for hydroxylation is 2. The number of carbonyl (C=O) groups excluding carboxylic acids is 1. The van der Waals surface area contributed by atoms with Crippen molar-refractivity contribution in [1.82, 2.24) is 4.98 Å². The monoisotopic (exact) mass is 276 g/mol. The minimum Gasteiger partial charge on any atom is -0.326 e. The number of carbonyl (C=O) groups is 1. The molecule has 1 amide bonds. The zero-order chi connectivity index (χ0) is 14.0. The Labute approximate surface area is 117 Å². The van der Waals surface area contributed by atoms with Crippen LogP contribution in [0.2, 0.25) is 5.28 Å². The first-order chi connectivity index (χ1) is 8.97. The average molecular weight is 277 g/mol. The van der Waals surface area contributed by atoms with E-state index in [9.17, 15) is 4.79 Å². The fraction of sp³-hybridized carbons (Fsp3) is 0.214. The molecule has 0 bridgehead atoms. The Morgan fingerprint density at radius 3 is 2.53 bits per heavy atom. The normalized spacial score (nSPS) is 10.3. The number of anilines is 1. The number of aromatic nitrogens is 2. The Balaban J connectivity index is 2.37. The molecule has 0 radical (unpaired) electrons. The molecule has 5 heteroatoms. The number of nitrogens with zero attached hydrogens (tertiary/aromatic N) is 2. The van der Waals surface area contributed by atoms with E-state index in [2.05, 4.69) is 10.3 Å². The number of hydrogen-bond acceptors (Lipinski definition) is 2. The lowest BCUT2D eigenvalue weighted by atomic mass is 10.1. The van der Waals surface area contributed by atoms with Gasteiger partial charge in [-0.2, -0.15) is 0 Å². The summed E-state index contributed by atoms with van der Waals surface area (Å²) in [6.45, 7) is 3.47. The zero-order valence-corrected chi connectivity index (χ0v) is 11.8. The smallest absolute Gasteiger partial charge is 0.326 e. The van der Waals surface area contributed by atoms with Gasteiger partial charge in [0.1, 0.15) is 0 Å². The molecule has 1 heterocycles. The van der Waals surface area contributed by atoms with Crippen molar-refractivity contribution in [2.75, 3.05) is 5.32 Å². The second-order valence-corrected chi connectivity index (χ2v) is 4.75. The maximum Gasteiger partial charge on any atom is 0.396 e. The molecular formula is C14H15ClN3O+. The molecule has 0 fully saturated rings. The third-order valence-electron chi connectivity index (χ3n) is 2.73. The molecule has 0 spiro atoms. The van der Waals surface area contributed by atoms with Crippen molar-refractivity contribution in [1.29, 1.82) is 0 Å². The lowest BCUT2D eigenvalue weighted by Crippen LogP contribution is -2.31.